The Bertz CT molecular complexity index is 588. The minimum absolute atomic E-state index is 0. The lowest BCUT2D eigenvalue weighted by molar-refractivity contribution is 0.0232. The van der Waals surface area contributed by atoms with E-state index in [0.29, 0.717) is 25.6 Å². The van der Waals surface area contributed by atoms with Crippen LogP contribution in [0.1, 0.15) is 46.6 Å². The Morgan fingerprint density at radius 2 is 2.04 bits per heavy atom. The number of aliphatic imine (C=N–C) groups is 1. The van der Waals surface area contributed by atoms with Gasteiger partial charge in [-0.25, -0.2) is 4.79 Å². The van der Waals surface area contributed by atoms with Crippen molar-refractivity contribution in [3.05, 3.63) is 30.1 Å². The maximum absolute atomic E-state index is 12.6. The second-order valence-electron chi connectivity index (χ2n) is 7.89. The van der Waals surface area contributed by atoms with Gasteiger partial charge in [0.25, 0.3) is 0 Å². The van der Waals surface area contributed by atoms with Crippen LogP contribution < -0.4 is 10.6 Å². The summed E-state index contributed by atoms with van der Waals surface area (Å²) in [5.41, 5.74) is 0.455. The smallest absolute Gasteiger partial charge is 0.410 e. The van der Waals surface area contributed by atoms with Crippen LogP contribution >= 0.6 is 24.0 Å². The molecule has 1 aromatic rings. The van der Waals surface area contributed by atoms with E-state index in [1.54, 1.807) is 24.3 Å². The van der Waals surface area contributed by atoms with Crippen molar-refractivity contribution in [1.29, 1.82) is 0 Å². The van der Waals surface area contributed by atoms with E-state index in [2.05, 4.69) is 34.5 Å². The number of nitrogens with one attached hydrogen (secondary N) is 2. The van der Waals surface area contributed by atoms with Crippen LogP contribution in [0.4, 0.5) is 4.79 Å². The molecule has 0 aliphatic carbocycles. The zero-order valence-electron chi connectivity index (χ0n) is 18.0. The Balaban J connectivity index is 0.00000729. The molecule has 0 fully saturated rings. The van der Waals surface area contributed by atoms with Crippen LogP contribution in [-0.2, 0) is 11.3 Å². The molecule has 0 atom stereocenters. The van der Waals surface area contributed by atoms with Crippen LogP contribution in [0.5, 0.6) is 0 Å². The zero-order valence-corrected chi connectivity index (χ0v) is 20.3. The van der Waals surface area contributed by atoms with Crippen LogP contribution in [0.2, 0.25) is 0 Å². The second-order valence-corrected chi connectivity index (χ2v) is 7.89. The lowest BCUT2D eigenvalue weighted by Gasteiger charge is -2.27. The van der Waals surface area contributed by atoms with E-state index in [1.165, 1.54) is 0 Å². The second kappa shape index (κ2) is 13.6. The largest absolute Gasteiger partial charge is 0.444 e. The van der Waals surface area contributed by atoms with Crippen molar-refractivity contribution in [2.45, 2.75) is 53.2 Å². The fourth-order valence-corrected chi connectivity index (χ4v) is 2.27. The fourth-order valence-electron chi connectivity index (χ4n) is 2.27. The molecule has 0 bridgehead atoms. The van der Waals surface area contributed by atoms with Gasteiger partial charge in [0, 0.05) is 39.1 Å². The number of aromatic nitrogens is 1. The summed E-state index contributed by atoms with van der Waals surface area (Å²) >= 11 is 0. The Morgan fingerprint density at radius 3 is 2.57 bits per heavy atom. The summed E-state index contributed by atoms with van der Waals surface area (Å²) in [4.78, 5) is 22.6. The molecule has 1 rings (SSSR count). The molecule has 160 valence electrons. The summed E-state index contributed by atoms with van der Waals surface area (Å²) in [6.45, 7) is 12.6. The number of halogens is 1. The summed E-state index contributed by atoms with van der Waals surface area (Å²) in [5, 5.41) is 6.55. The molecule has 0 unspecified atom stereocenters. The average molecular weight is 505 g/mol. The van der Waals surface area contributed by atoms with Crippen molar-refractivity contribution in [2.24, 2.45) is 10.9 Å². The molecule has 28 heavy (non-hydrogen) atoms. The first kappa shape index (κ1) is 26.4. The third-order valence-electron chi connectivity index (χ3n) is 3.55. The minimum Gasteiger partial charge on any atom is -0.444 e. The zero-order chi connectivity index (χ0) is 20.3. The normalized spacial score (nSPS) is 11.6. The first-order chi connectivity index (χ1) is 12.7. The Hall–Kier alpha value is -1.58. The molecule has 0 saturated heterocycles. The van der Waals surface area contributed by atoms with Crippen LogP contribution in [0.25, 0.3) is 0 Å². The highest BCUT2D eigenvalue weighted by atomic mass is 127. The first-order valence-corrected chi connectivity index (χ1v) is 9.52. The maximum atomic E-state index is 12.6. The van der Waals surface area contributed by atoms with Crippen LogP contribution in [0.3, 0.4) is 0 Å². The number of rotatable bonds is 8. The predicted octanol–water partition coefficient (Wildman–Crippen LogP) is 3.65. The molecule has 8 heteroatoms. The molecule has 0 spiro atoms. The topological polar surface area (TPSA) is 78.9 Å². The maximum Gasteiger partial charge on any atom is 0.410 e. The van der Waals surface area contributed by atoms with Crippen molar-refractivity contribution in [1.82, 2.24) is 20.5 Å². The minimum atomic E-state index is -0.522. The van der Waals surface area contributed by atoms with Gasteiger partial charge < -0.3 is 20.3 Å². The van der Waals surface area contributed by atoms with Crippen LogP contribution in [0, 0.1) is 5.92 Å². The van der Waals surface area contributed by atoms with Crippen molar-refractivity contribution in [3.8, 4) is 0 Å². The summed E-state index contributed by atoms with van der Waals surface area (Å²) in [7, 11) is 1.76. The summed E-state index contributed by atoms with van der Waals surface area (Å²) < 4.78 is 5.55. The summed E-state index contributed by atoms with van der Waals surface area (Å²) in [5.74, 6) is 1.32. The number of guanidine groups is 1. The molecule has 1 amide bonds. The number of pyridine rings is 1. The van der Waals surface area contributed by atoms with Crippen molar-refractivity contribution in [3.63, 3.8) is 0 Å². The highest BCUT2D eigenvalue weighted by Crippen LogP contribution is 2.12. The van der Waals surface area contributed by atoms with E-state index in [4.69, 9.17) is 4.74 Å². The SMILES string of the molecule is CN=C(NCCCN(Cc1cccnc1)C(=O)OC(C)(C)C)NCC(C)C.I. The highest BCUT2D eigenvalue weighted by Gasteiger charge is 2.22. The van der Waals surface area contributed by atoms with Gasteiger partial charge in [0.15, 0.2) is 5.96 Å². The van der Waals surface area contributed by atoms with E-state index in [-0.39, 0.29) is 30.1 Å². The lowest BCUT2D eigenvalue weighted by atomic mass is 10.2. The molecule has 0 aliphatic rings. The number of carbonyl (C=O) groups is 1. The number of hydrogen-bond donors (Lipinski definition) is 2. The van der Waals surface area contributed by atoms with Crippen molar-refractivity contribution >= 4 is 36.0 Å². The number of ether oxygens (including phenoxy) is 1. The molecule has 0 aliphatic heterocycles. The van der Waals surface area contributed by atoms with E-state index >= 15 is 0 Å². The quantitative estimate of drug-likeness (QED) is 0.244. The summed E-state index contributed by atoms with van der Waals surface area (Å²) in [6.07, 6.45) is 3.96. The molecule has 7 nitrogen and oxygen atoms in total. The van der Waals surface area contributed by atoms with E-state index in [0.717, 1.165) is 24.5 Å². The molecule has 1 aromatic heterocycles. The average Bonchev–Trinajstić information content (AvgIpc) is 2.59. The standard InChI is InChI=1S/C20H35N5O2.HI/c1-16(2)13-24-18(21-6)23-11-8-12-25(19(26)27-20(3,4)5)15-17-9-7-10-22-14-17;/h7,9-10,14,16H,8,11-13,15H2,1-6H3,(H2,21,23,24);1H. The Kier molecular flexibility index (Phi) is 12.8. The van der Waals surface area contributed by atoms with Crippen molar-refractivity contribution in [2.75, 3.05) is 26.7 Å². The van der Waals surface area contributed by atoms with Crippen molar-refractivity contribution < 1.29 is 9.53 Å². The number of hydrogen-bond acceptors (Lipinski definition) is 4. The van der Waals surface area contributed by atoms with Gasteiger partial charge in [0.1, 0.15) is 5.60 Å². The Morgan fingerprint density at radius 1 is 1.32 bits per heavy atom. The number of amides is 1. The predicted molar refractivity (Wildman–Crippen MR) is 125 cm³/mol. The van der Waals surface area contributed by atoms with Gasteiger partial charge in [-0.1, -0.05) is 19.9 Å². The monoisotopic (exact) mass is 505 g/mol. The van der Waals surface area contributed by atoms with Gasteiger partial charge in [0.2, 0.25) is 0 Å². The van der Waals surface area contributed by atoms with Gasteiger partial charge in [-0.05, 0) is 44.7 Å². The third kappa shape index (κ3) is 12.0. The molecule has 0 aromatic carbocycles. The van der Waals surface area contributed by atoms with E-state index < -0.39 is 5.60 Å². The van der Waals surface area contributed by atoms with Gasteiger partial charge >= 0.3 is 6.09 Å². The van der Waals surface area contributed by atoms with Crippen LogP contribution in [0.15, 0.2) is 29.5 Å². The van der Waals surface area contributed by atoms with Crippen LogP contribution in [-0.4, -0.2) is 54.2 Å². The number of carbonyl (C=O) groups excluding carboxylic acids is 1. The van der Waals surface area contributed by atoms with Gasteiger partial charge in [-0.2, -0.15) is 0 Å². The molecule has 2 N–H and O–H groups in total. The third-order valence-corrected chi connectivity index (χ3v) is 3.55. The van der Waals surface area contributed by atoms with E-state index in [1.807, 2.05) is 32.9 Å². The fraction of sp³-hybridized carbons (Fsp3) is 0.650. The summed E-state index contributed by atoms with van der Waals surface area (Å²) in [6, 6.07) is 3.83. The van der Waals surface area contributed by atoms with E-state index in [9.17, 15) is 4.79 Å². The molecule has 0 saturated carbocycles. The Labute approximate surface area is 186 Å². The first-order valence-electron chi connectivity index (χ1n) is 9.52. The lowest BCUT2D eigenvalue weighted by Crippen LogP contribution is -2.41. The molecule has 0 radical (unpaired) electrons. The molecular formula is C20H36IN5O2. The highest BCUT2D eigenvalue weighted by molar-refractivity contribution is 14.0. The van der Waals surface area contributed by atoms with Gasteiger partial charge in [-0.3, -0.25) is 9.98 Å². The van der Waals surface area contributed by atoms with Gasteiger partial charge in [0.05, 0.1) is 6.54 Å². The number of nitrogens with zero attached hydrogens (tertiary/aromatic N) is 3. The molecular weight excluding hydrogens is 469 g/mol. The molecule has 1 heterocycles. The van der Waals surface area contributed by atoms with Gasteiger partial charge in [-0.15, -0.1) is 24.0 Å².